The first-order valence-corrected chi connectivity index (χ1v) is 7.39. The van der Waals surface area contributed by atoms with Gasteiger partial charge in [-0.3, -0.25) is 0 Å². The molecule has 0 saturated carbocycles. The molecule has 0 aliphatic carbocycles. The number of benzene rings is 2. The van der Waals surface area contributed by atoms with E-state index in [0.29, 0.717) is 15.8 Å². The van der Waals surface area contributed by atoms with Gasteiger partial charge in [0.25, 0.3) is 0 Å². The molecule has 3 rings (SSSR count). The van der Waals surface area contributed by atoms with Crippen LogP contribution in [-0.4, -0.2) is 4.98 Å². The lowest BCUT2D eigenvalue weighted by Gasteiger charge is -2.03. The number of thiazole rings is 1. The maximum atomic E-state index is 13.6. The average Bonchev–Trinajstić information content (AvgIpc) is 2.75. The molecule has 1 aromatic heterocycles. The largest absolute Gasteiger partial charge is 0.329 e. The Labute approximate surface area is 126 Å². The molecule has 0 radical (unpaired) electrons. The normalized spacial score (nSPS) is 10.9. The molecule has 0 aliphatic heterocycles. The third kappa shape index (κ3) is 2.73. The molecule has 0 saturated heterocycles. The zero-order chi connectivity index (χ0) is 13.4. The smallest absolute Gasteiger partial charge is 0.188 e. The van der Waals surface area contributed by atoms with E-state index in [1.807, 2.05) is 18.2 Å². The molecule has 1 heterocycles. The number of hydrogen-bond donors (Lipinski definition) is 1. The van der Waals surface area contributed by atoms with Crippen molar-refractivity contribution in [2.75, 3.05) is 5.32 Å². The van der Waals surface area contributed by atoms with Gasteiger partial charge < -0.3 is 5.32 Å². The number of anilines is 2. The molecule has 19 heavy (non-hydrogen) atoms. The first kappa shape index (κ1) is 12.8. The Kier molecular flexibility index (Phi) is 3.43. The van der Waals surface area contributed by atoms with Gasteiger partial charge in [0.2, 0.25) is 0 Å². The topological polar surface area (TPSA) is 24.9 Å². The summed E-state index contributed by atoms with van der Waals surface area (Å²) < 4.78 is 15.6. The van der Waals surface area contributed by atoms with Gasteiger partial charge in [0.15, 0.2) is 5.13 Å². The van der Waals surface area contributed by atoms with E-state index >= 15 is 0 Å². The van der Waals surface area contributed by atoms with Gasteiger partial charge in [-0.25, -0.2) is 9.37 Å². The van der Waals surface area contributed by atoms with Gasteiger partial charge in [0.1, 0.15) is 5.82 Å². The van der Waals surface area contributed by atoms with Gasteiger partial charge in [-0.2, -0.15) is 0 Å². The lowest BCUT2D eigenvalue weighted by molar-refractivity contribution is 0.632. The Balaban J connectivity index is 1.98. The summed E-state index contributed by atoms with van der Waals surface area (Å²) >= 11 is 10.7. The molecular weight excluding hydrogens is 351 g/mol. The van der Waals surface area contributed by atoms with Crippen LogP contribution in [0.5, 0.6) is 0 Å². The molecule has 96 valence electrons. The molecule has 0 unspecified atom stereocenters. The molecule has 0 atom stereocenters. The lowest BCUT2D eigenvalue weighted by Crippen LogP contribution is -1.92. The molecule has 0 fully saturated rings. The van der Waals surface area contributed by atoms with E-state index in [9.17, 15) is 4.39 Å². The predicted molar refractivity (Wildman–Crippen MR) is 82.0 cm³/mol. The molecule has 0 bridgehead atoms. The molecule has 0 amide bonds. The van der Waals surface area contributed by atoms with Crippen LogP contribution < -0.4 is 5.32 Å². The second kappa shape index (κ2) is 5.07. The van der Waals surface area contributed by atoms with E-state index in [4.69, 9.17) is 11.6 Å². The second-order valence-corrected chi connectivity index (χ2v) is 6.26. The highest BCUT2D eigenvalue weighted by molar-refractivity contribution is 9.10. The van der Waals surface area contributed by atoms with Crippen LogP contribution in [0.2, 0.25) is 5.02 Å². The molecule has 6 heteroatoms. The summed E-state index contributed by atoms with van der Waals surface area (Å²) in [4.78, 5) is 4.40. The summed E-state index contributed by atoms with van der Waals surface area (Å²) in [5.74, 6) is -0.357. The second-order valence-electron chi connectivity index (χ2n) is 3.88. The van der Waals surface area contributed by atoms with Gasteiger partial charge >= 0.3 is 0 Å². The van der Waals surface area contributed by atoms with E-state index in [1.165, 1.54) is 23.5 Å². The van der Waals surface area contributed by atoms with Crippen LogP contribution >= 0.6 is 38.9 Å². The highest BCUT2D eigenvalue weighted by Crippen LogP contribution is 2.31. The van der Waals surface area contributed by atoms with Crippen LogP contribution in [0.15, 0.2) is 40.9 Å². The van der Waals surface area contributed by atoms with E-state index in [-0.39, 0.29) is 5.82 Å². The molecule has 1 N–H and O–H groups in total. The van der Waals surface area contributed by atoms with Crippen LogP contribution in [0, 0.1) is 5.82 Å². The van der Waals surface area contributed by atoms with Gasteiger partial charge in [-0.1, -0.05) is 38.9 Å². The summed E-state index contributed by atoms with van der Waals surface area (Å²) in [6.07, 6.45) is 0. The van der Waals surface area contributed by atoms with Crippen LogP contribution in [0.1, 0.15) is 0 Å². The molecule has 0 aliphatic rings. The maximum absolute atomic E-state index is 13.6. The van der Waals surface area contributed by atoms with Crippen molar-refractivity contribution in [3.63, 3.8) is 0 Å². The van der Waals surface area contributed by atoms with Crippen LogP contribution in [-0.2, 0) is 0 Å². The molecule has 2 aromatic carbocycles. The van der Waals surface area contributed by atoms with Crippen molar-refractivity contribution in [1.82, 2.24) is 4.98 Å². The van der Waals surface area contributed by atoms with Gasteiger partial charge in [0, 0.05) is 9.50 Å². The third-order valence-electron chi connectivity index (χ3n) is 2.52. The Bertz CT molecular complexity index is 759. The average molecular weight is 358 g/mol. The Morgan fingerprint density at radius 3 is 2.89 bits per heavy atom. The van der Waals surface area contributed by atoms with Crippen LogP contribution in [0.3, 0.4) is 0 Å². The zero-order valence-electron chi connectivity index (χ0n) is 9.45. The minimum absolute atomic E-state index is 0.325. The number of hydrogen-bond acceptors (Lipinski definition) is 3. The SMILES string of the molecule is Fc1ccc(Cl)cc1Nc1nc2ccc(Br)cc2s1. The minimum Gasteiger partial charge on any atom is -0.329 e. The van der Waals surface area contributed by atoms with Crippen molar-refractivity contribution in [2.45, 2.75) is 0 Å². The van der Waals surface area contributed by atoms with Crippen molar-refractivity contribution in [3.05, 3.63) is 51.7 Å². The Morgan fingerprint density at radius 2 is 2.05 bits per heavy atom. The highest BCUT2D eigenvalue weighted by Gasteiger charge is 2.08. The fraction of sp³-hybridized carbons (Fsp3) is 0. The van der Waals surface area contributed by atoms with E-state index in [1.54, 1.807) is 6.07 Å². The molecule has 0 spiro atoms. The Morgan fingerprint density at radius 1 is 1.21 bits per heavy atom. The molecule has 3 aromatic rings. The first-order valence-electron chi connectivity index (χ1n) is 5.40. The first-order chi connectivity index (χ1) is 9.11. The number of aromatic nitrogens is 1. The summed E-state index contributed by atoms with van der Waals surface area (Å²) in [6, 6.07) is 10.2. The van der Waals surface area contributed by atoms with Gasteiger partial charge in [0.05, 0.1) is 15.9 Å². The highest BCUT2D eigenvalue weighted by atomic mass is 79.9. The van der Waals surface area contributed by atoms with Crippen molar-refractivity contribution >= 4 is 59.9 Å². The van der Waals surface area contributed by atoms with E-state index in [0.717, 1.165) is 14.7 Å². The van der Waals surface area contributed by atoms with Crippen molar-refractivity contribution in [2.24, 2.45) is 0 Å². The molecular formula is C13H7BrClFN2S. The summed E-state index contributed by atoms with van der Waals surface area (Å²) in [5, 5.41) is 4.07. The zero-order valence-corrected chi connectivity index (χ0v) is 12.6. The summed E-state index contributed by atoms with van der Waals surface area (Å²) in [5.41, 5.74) is 1.20. The fourth-order valence-electron chi connectivity index (χ4n) is 1.66. The number of nitrogens with one attached hydrogen (secondary N) is 1. The number of halogens is 3. The van der Waals surface area contributed by atoms with E-state index < -0.39 is 0 Å². The summed E-state index contributed by atoms with van der Waals surface area (Å²) in [7, 11) is 0. The van der Waals surface area contributed by atoms with Crippen LogP contribution in [0.4, 0.5) is 15.2 Å². The van der Waals surface area contributed by atoms with E-state index in [2.05, 4.69) is 26.2 Å². The quantitative estimate of drug-likeness (QED) is 0.646. The fourth-order valence-corrected chi connectivity index (χ4v) is 3.26. The van der Waals surface area contributed by atoms with Crippen molar-refractivity contribution in [3.8, 4) is 0 Å². The third-order valence-corrected chi connectivity index (χ3v) is 4.18. The van der Waals surface area contributed by atoms with Gasteiger partial charge in [-0.15, -0.1) is 0 Å². The Hall–Kier alpha value is -1.17. The summed E-state index contributed by atoms with van der Waals surface area (Å²) in [6.45, 7) is 0. The van der Waals surface area contributed by atoms with Crippen molar-refractivity contribution in [1.29, 1.82) is 0 Å². The lowest BCUT2D eigenvalue weighted by atomic mass is 10.3. The van der Waals surface area contributed by atoms with Crippen molar-refractivity contribution < 1.29 is 4.39 Å². The van der Waals surface area contributed by atoms with Crippen LogP contribution in [0.25, 0.3) is 10.2 Å². The van der Waals surface area contributed by atoms with Gasteiger partial charge in [-0.05, 0) is 36.4 Å². The number of nitrogens with zero attached hydrogens (tertiary/aromatic N) is 1. The minimum atomic E-state index is -0.357. The monoisotopic (exact) mass is 356 g/mol. The standard InChI is InChI=1S/C13H7BrClFN2S/c14-7-1-4-10-12(5-7)19-13(17-10)18-11-6-8(15)2-3-9(11)16/h1-6H,(H,17,18). The molecule has 2 nitrogen and oxygen atoms in total. The number of rotatable bonds is 2. The number of fused-ring (bicyclic) bond motifs is 1. The predicted octanol–water partition coefficient (Wildman–Crippen LogP) is 5.59. The maximum Gasteiger partial charge on any atom is 0.188 e.